The van der Waals surface area contributed by atoms with E-state index in [1.54, 1.807) is 23.2 Å². The molecule has 140 valence electrons. The molecule has 0 aliphatic carbocycles. The lowest BCUT2D eigenvalue weighted by Crippen LogP contribution is -2.48. The smallest absolute Gasteiger partial charge is 0.326 e. The highest BCUT2D eigenvalue weighted by Crippen LogP contribution is 2.16. The van der Waals surface area contributed by atoms with Gasteiger partial charge in [0.25, 0.3) is 0 Å². The van der Waals surface area contributed by atoms with Gasteiger partial charge in [0.2, 0.25) is 5.91 Å². The highest BCUT2D eigenvalue weighted by atomic mass is 16.2. The van der Waals surface area contributed by atoms with Gasteiger partial charge >= 0.3 is 5.69 Å². The van der Waals surface area contributed by atoms with Gasteiger partial charge in [0.05, 0.1) is 17.2 Å². The minimum atomic E-state index is -0.185. The molecule has 8 nitrogen and oxygen atoms in total. The molecule has 0 bridgehead atoms. The van der Waals surface area contributed by atoms with E-state index in [1.165, 1.54) is 0 Å². The summed E-state index contributed by atoms with van der Waals surface area (Å²) < 4.78 is 1.61. The maximum atomic E-state index is 12.4. The number of fused-ring (bicyclic) bond motifs is 1. The molecule has 3 aromatic rings. The minimum Gasteiger partial charge on any atom is -0.353 e. The number of benzene rings is 1. The lowest BCUT2D eigenvalue weighted by molar-refractivity contribution is -0.122. The van der Waals surface area contributed by atoms with Crippen LogP contribution in [0.2, 0.25) is 0 Å². The van der Waals surface area contributed by atoms with Crippen molar-refractivity contribution in [1.82, 2.24) is 24.8 Å². The molecule has 4 rings (SSSR count). The molecule has 1 amide bonds. The lowest BCUT2D eigenvalue weighted by Gasteiger charge is -2.33. The summed E-state index contributed by atoms with van der Waals surface area (Å²) in [6.07, 6.45) is 7.27. The number of nitrogens with one attached hydrogen (secondary N) is 2. The summed E-state index contributed by atoms with van der Waals surface area (Å²) in [5, 5.41) is 3.09. The zero-order valence-corrected chi connectivity index (χ0v) is 15.0. The van der Waals surface area contributed by atoms with Crippen molar-refractivity contribution >= 4 is 22.8 Å². The number of aryl methyl sites for hydroxylation is 1. The fourth-order valence-electron chi connectivity index (χ4n) is 3.60. The normalized spacial score (nSPS) is 17.2. The number of amides is 1. The number of nitrogens with zero attached hydrogens (tertiary/aromatic N) is 4. The van der Waals surface area contributed by atoms with Crippen LogP contribution in [-0.2, 0) is 11.3 Å². The number of para-hydroxylation sites is 2. The number of carbonyl (C=O) groups is 1. The number of rotatable bonds is 5. The first kappa shape index (κ1) is 17.3. The van der Waals surface area contributed by atoms with Crippen LogP contribution in [0.4, 0.5) is 5.82 Å². The van der Waals surface area contributed by atoms with E-state index in [4.69, 9.17) is 0 Å². The number of anilines is 1. The van der Waals surface area contributed by atoms with Gasteiger partial charge in [-0.1, -0.05) is 12.1 Å². The predicted molar refractivity (Wildman–Crippen MR) is 103 cm³/mol. The third-order valence-electron chi connectivity index (χ3n) is 4.90. The van der Waals surface area contributed by atoms with Crippen molar-refractivity contribution in [3.8, 4) is 0 Å². The van der Waals surface area contributed by atoms with Crippen LogP contribution < -0.4 is 15.9 Å². The molecular weight excluding hydrogens is 344 g/mol. The van der Waals surface area contributed by atoms with Crippen LogP contribution in [0.3, 0.4) is 0 Å². The Bertz CT molecular complexity index is 981. The van der Waals surface area contributed by atoms with Crippen LogP contribution in [0, 0.1) is 0 Å². The van der Waals surface area contributed by atoms with Gasteiger partial charge in [-0.05, 0) is 25.0 Å². The Morgan fingerprint density at radius 1 is 1.30 bits per heavy atom. The van der Waals surface area contributed by atoms with Crippen molar-refractivity contribution in [1.29, 1.82) is 0 Å². The van der Waals surface area contributed by atoms with Crippen molar-refractivity contribution < 1.29 is 4.79 Å². The molecule has 1 saturated heterocycles. The molecule has 2 aromatic heterocycles. The summed E-state index contributed by atoms with van der Waals surface area (Å²) in [5.74, 6) is 0.792. The molecule has 3 heterocycles. The second kappa shape index (κ2) is 7.61. The topological polar surface area (TPSA) is 95.9 Å². The van der Waals surface area contributed by atoms with Gasteiger partial charge in [-0.2, -0.15) is 0 Å². The molecule has 8 heteroatoms. The summed E-state index contributed by atoms with van der Waals surface area (Å²) in [7, 11) is 0. The molecule has 27 heavy (non-hydrogen) atoms. The van der Waals surface area contributed by atoms with E-state index in [1.807, 2.05) is 24.3 Å². The van der Waals surface area contributed by atoms with E-state index in [-0.39, 0.29) is 24.1 Å². The van der Waals surface area contributed by atoms with E-state index in [0.29, 0.717) is 6.54 Å². The first-order chi connectivity index (χ1) is 13.2. The molecule has 1 aliphatic rings. The van der Waals surface area contributed by atoms with Gasteiger partial charge in [0.15, 0.2) is 0 Å². The average Bonchev–Trinajstić information content (AvgIpc) is 3.02. The second-order valence-electron chi connectivity index (χ2n) is 6.77. The zero-order valence-electron chi connectivity index (χ0n) is 15.0. The van der Waals surface area contributed by atoms with Crippen molar-refractivity contribution in [3.63, 3.8) is 0 Å². The van der Waals surface area contributed by atoms with Gasteiger partial charge in [-0.3, -0.25) is 14.3 Å². The first-order valence-corrected chi connectivity index (χ1v) is 9.18. The highest BCUT2D eigenvalue weighted by Gasteiger charge is 2.22. The number of piperidine rings is 1. The number of hydrogen-bond acceptors (Lipinski definition) is 5. The number of carbonyl (C=O) groups excluding carboxylic acids is 1. The number of H-pyrrole nitrogens is 1. The molecule has 1 atom stereocenters. The van der Waals surface area contributed by atoms with Crippen LogP contribution in [0.5, 0.6) is 0 Å². The quantitative estimate of drug-likeness (QED) is 0.709. The number of imidazole rings is 1. The number of aromatic nitrogens is 4. The zero-order chi connectivity index (χ0) is 18.6. The maximum Gasteiger partial charge on any atom is 0.326 e. The standard InChI is InChI=1S/C19H22N6O2/c26-18(7-11-25-16-6-2-1-5-15(16)23-19(25)27)22-14-4-3-10-24(13-14)17-12-20-8-9-21-17/h1-2,5-6,8-9,12,14H,3-4,7,10-11,13H2,(H,22,26)(H,23,27)/t14-/m0/s1. The Balaban J connectivity index is 1.35. The third-order valence-corrected chi connectivity index (χ3v) is 4.90. The van der Waals surface area contributed by atoms with Crippen LogP contribution >= 0.6 is 0 Å². The summed E-state index contributed by atoms with van der Waals surface area (Å²) in [4.78, 5) is 37.9. The van der Waals surface area contributed by atoms with Crippen molar-refractivity contribution in [3.05, 3.63) is 53.3 Å². The Morgan fingerprint density at radius 2 is 2.19 bits per heavy atom. The van der Waals surface area contributed by atoms with E-state index < -0.39 is 0 Å². The third kappa shape index (κ3) is 3.84. The molecule has 1 aromatic carbocycles. The molecule has 0 unspecified atom stereocenters. The number of hydrogen-bond donors (Lipinski definition) is 2. The van der Waals surface area contributed by atoms with Crippen molar-refractivity contribution in [2.24, 2.45) is 0 Å². The van der Waals surface area contributed by atoms with Crippen molar-refractivity contribution in [2.75, 3.05) is 18.0 Å². The second-order valence-corrected chi connectivity index (χ2v) is 6.77. The van der Waals surface area contributed by atoms with Gasteiger partial charge in [0.1, 0.15) is 5.82 Å². The fraction of sp³-hybridized carbons (Fsp3) is 0.368. The molecule has 1 fully saturated rings. The Kier molecular flexibility index (Phi) is 4.86. The maximum absolute atomic E-state index is 12.4. The monoisotopic (exact) mass is 366 g/mol. The van der Waals surface area contributed by atoms with Gasteiger partial charge < -0.3 is 15.2 Å². The molecule has 0 saturated carbocycles. The van der Waals surface area contributed by atoms with E-state index >= 15 is 0 Å². The summed E-state index contributed by atoms with van der Waals surface area (Å²) in [6, 6.07) is 7.57. The lowest BCUT2D eigenvalue weighted by atomic mass is 10.1. The SMILES string of the molecule is O=C(CCn1c(=O)[nH]c2ccccc21)N[C@H]1CCCN(c2cnccn2)C1. The molecule has 0 spiro atoms. The van der Waals surface area contributed by atoms with Gasteiger partial charge in [-0.25, -0.2) is 9.78 Å². The van der Waals surface area contributed by atoms with Crippen LogP contribution in [0.25, 0.3) is 11.0 Å². The Morgan fingerprint density at radius 3 is 3.04 bits per heavy atom. The van der Waals surface area contributed by atoms with E-state index in [0.717, 1.165) is 42.8 Å². The summed E-state index contributed by atoms with van der Waals surface area (Å²) in [6.45, 7) is 1.99. The average molecular weight is 366 g/mol. The van der Waals surface area contributed by atoms with E-state index in [9.17, 15) is 9.59 Å². The van der Waals surface area contributed by atoms with Crippen molar-refractivity contribution in [2.45, 2.75) is 31.8 Å². The highest BCUT2D eigenvalue weighted by molar-refractivity contribution is 5.77. The van der Waals surface area contributed by atoms with Crippen LogP contribution in [0.1, 0.15) is 19.3 Å². The van der Waals surface area contributed by atoms with Crippen LogP contribution in [0.15, 0.2) is 47.7 Å². The first-order valence-electron chi connectivity index (χ1n) is 9.18. The minimum absolute atomic E-state index is 0.0434. The van der Waals surface area contributed by atoms with Gasteiger partial charge in [-0.15, -0.1) is 0 Å². The largest absolute Gasteiger partial charge is 0.353 e. The molecule has 2 N–H and O–H groups in total. The summed E-state index contributed by atoms with van der Waals surface area (Å²) >= 11 is 0. The fourth-order valence-corrected chi connectivity index (χ4v) is 3.60. The van der Waals surface area contributed by atoms with Crippen LogP contribution in [-0.4, -0.2) is 44.6 Å². The Labute approximate surface area is 156 Å². The van der Waals surface area contributed by atoms with E-state index in [2.05, 4.69) is 25.2 Å². The number of aromatic amines is 1. The molecular formula is C19H22N6O2. The van der Waals surface area contributed by atoms with Gasteiger partial charge in [0, 0.05) is 44.5 Å². The molecule has 1 aliphatic heterocycles. The Hall–Kier alpha value is -3.16. The summed E-state index contributed by atoms with van der Waals surface area (Å²) in [5.41, 5.74) is 1.42. The predicted octanol–water partition coefficient (Wildman–Crippen LogP) is 1.29. The molecule has 0 radical (unpaired) electrons.